The van der Waals surface area contributed by atoms with Crippen molar-refractivity contribution in [2.75, 3.05) is 5.73 Å². The Bertz CT molecular complexity index is 669. The number of halogens is 2. The molecule has 2 rings (SSSR count). The number of anilines is 1. The van der Waals surface area contributed by atoms with Crippen molar-refractivity contribution in [2.45, 2.75) is 46.1 Å². The number of nitrogens with zero attached hydrogens (tertiary/aromatic N) is 2. The lowest BCUT2D eigenvalue weighted by atomic mass is 10.1. The van der Waals surface area contributed by atoms with Crippen LogP contribution in [0.3, 0.4) is 0 Å². The Labute approximate surface area is 133 Å². The minimum absolute atomic E-state index is 0.186. The van der Waals surface area contributed by atoms with E-state index < -0.39 is 0 Å². The van der Waals surface area contributed by atoms with Gasteiger partial charge in [-0.1, -0.05) is 29.8 Å². The topological polar surface area (TPSA) is 43.8 Å². The summed E-state index contributed by atoms with van der Waals surface area (Å²) in [5.74, 6) is 1.40. The molecule has 0 saturated heterocycles. The second-order valence-electron chi connectivity index (χ2n) is 6.49. The molecular formula is C16H21BrFN3. The van der Waals surface area contributed by atoms with Crippen LogP contribution >= 0.6 is 15.9 Å². The van der Waals surface area contributed by atoms with E-state index in [1.807, 2.05) is 4.57 Å². The number of nitrogens with two attached hydrogens (primary N) is 1. The molecule has 3 nitrogen and oxygen atoms in total. The molecule has 0 aliphatic rings. The fourth-order valence-electron chi connectivity index (χ4n) is 2.42. The van der Waals surface area contributed by atoms with Crippen molar-refractivity contribution in [3.8, 4) is 11.3 Å². The Morgan fingerprint density at radius 1 is 1.29 bits per heavy atom. The number of hydrogen-bond donors (Lipinski definition) is 1. The van der Waals surface area contributed by atoms with E-state index >= 15 is 0 Å². The zero-order valence-electron chi connectivity index (χ0n) is 13.0. The maximum atomic E-state index is 13.6. The molecule has 1 heterocycles. The van der Waals surface area contributed by atoms with Gasteiger partial charge in [-0.15, -0.1) is 0 Å². The van der Waals surface area contributed by atoms with Gasteiger partial charge in [0, 0.05) is 21.5 Å². The first-order valence-electron chi connectivity index (χ1n) is 6.97. The van der Waals surface area contributed by atoms with Crippen molar-refractivity contribution in [3.05, 3.63) is 34.3 Å². The zero-order chi connectivity index (χ0) is 15.9. The summed E-state index contributed by atoms with van der Waals surface area (Å²) < 4.78 is 16.4. The molecule has 0 fully saturated rings. The molecule has 114 valence electrons. The highest BCUT2D eigenvalue weighted by Crippen LogP contribution is 2.37. The van der Waals surface area contributed by atoms with Gasteiger partial charge in [0.1, 0.15) is 23.2 Å². The number of nitrogen functional groups attached to an aromatic ring is 1. The maximum Gasteiger partial charge on any atom is 0.132 e. The molecule has 0 radical (unpaired) electrons. The quantitative estimate of drug-likeness (QED) is 0.833. The normalized spacial score (nSPS) is 12.2. The molecule has 21 heavy (non-hydrogen) atoms. The van der Waals surface area contributed by atoms with Gasteiger partial charge in [0.2, 0.25) is 0 Å². The van der Waals surface area contributed by atoms with Crippen LogP contribution in [0.15, 0.2) is 22.7 Å². The van der Waals surface area contributed by atoms with Crippen LogP contribution in [0.1, 0.15) is 46.4 Å². The van der Waals surface area contributed by atoms with Crippen LogP contribution in [-0.2, 0) is 5.54 Å². The van der Waals surface area contributed by atoms with Crippen LogP contribution < -0.4 is 5.73 Å². The van der Waals surface area contributed by atoms with Crippen molar-refractivity contribution in [3.63, 3.8) is 0 Å². The Morgan fingerprint density at radius 2 is 1.90 bits per heavy atom. The molecule has 1 aromatic heterocycles. The van der Waals surface area contributed by atoms with Gasteiger partial charge in [-0.05, 0) is 39.0 Å². The van der Waals surface area contributed by atoms with Crippen LogP contribution in [0, 0.1) is 5.82 Å². The number of rotatable bonds is 2. The molecule has 2 aromatic rings. The Kier molecular flexibility index (Phi) is 4.15. The average Bonchev–Trinajstić information content (AvgIpc) is 2.70. The lowest BCUT2D eigenvalue weighted by Gasteiger charge is -2.26. The van der Waals surface area contributed by atoms with E-state index in [9.17, 15) is 4.39 Å². The third kappa shape index (κ3) is 2.98. The summed E-state index contributed by atoms with van der Waals surface area (Å²) in [6, 6.07) is 4.54. The predicted octanol–water partition coefficient (Wildman–Crippen LogP) is 4.91. The highest BCUT2D eigenvalue weighted by atomic mass is 79.9. The van der Waals surface area contributed by atoms with Gasteiger partial charge in [0.05, 0.1) is 0 Å². The van der Waals surface area contributed by atoms with Crippen molar-refractivity contribution < 1.29 is 4.39 Å². The largest absolute Gasteiger partial charge is 0.383 e. The minimum Gasteiger partial charge on any atom is -0.383 e. The molecule has 0 spiro atoms. The first-order chi connectivity index (χ1) is 9.62. The van der Waals surface area contributed by atoms with Crippen LogP contribution in [-0.4, -0.2) is 9.55 Å². The molecule has 1 aromatic carbocycles. The summed E-state index contributed by atoms with van der Waals surface area (Å²) in [6.07, 6.45) is 0. The van der Waals surface area contributed by atoms with E-state index in [0.717, 1.165) is 10.3 Å². The van der Waals surface area contributed by atoms with E-state index in [-0.39, 0.29) is 17.3 Å². The monoisotopic (exact) mass is 353 g/mol. The van der Waals surface area contributed by atoms with Crippen molar-refractivity contribution >= 4 is 21.7 Å². The number of benzene rings is 1. The molecule has 0 aliphatic heterocycles. The third-order valence-electron chi connectivity index (χ3n) is 3.31. The first kappa shape index (κ1) is 16.0. The zero-order valence-corrected chi connectivity index (χ0v) is 14.6. The van der Waals surface area contributed by atoms with E-state index in [1.165, 1.54) is 12.1 Å². The second-order valence-corrected chi connectivity index (χ2v) is 7.34. The lowest BCUT2D eigenvalue weighted by molar-refractivity contribution is 0.382. The van der Waals surface area contributed by atoms with Gasteiger partial charge >= 0.3 is 0 Å². The van der Waals surface area contributed by atoms with Gasteiger partial charge in [-0.2, -0.15) is 0 Å². The Hall–Kier alpha value is -1.36. The molecule has 0 amide bonds. The van der Waals surface area contributed by atoms with Gasteiger partial charge < -0.3 is 10.3 Å². The number of hydrogen-bond acceptors (Lipinski definition) is 2. The van der Waals surface area contributed by atoms with Gasteiger partial charge in [0.25, 0.3) is 0 Å². The van der Waals surface area contributed by atoms with Crippen molar-refractivity contribution in [2.24, 2.45) is 0 Å². The van der Waals surface area contributed by atoms with E-state index in [1.54, 1.807) is 6.07 Å². The molecule has 5 heteroatoms. The second kappa shape index (κ2) is 5.44. The minimum atomic E-state index is -0.302. The molecule has 0 unspecified atom stereocenters. The summed E-state index contributed by atoms with van der Waals surface area (Å²) in [5, 5.41) is 0. The summed E-state index contributed by atoms with van der Waals surface area (Å²) in [7, 11) is 0. The molecule has 0 atom stereocenters. The van der Waals surface area contributed by atoms with E-state index in [2.05, 4.69) is 55.5 Å². The fraction of sp³-hybridized carbons (Fsp3) is 0.438. The molecule has 0 aliphatic carbocycles. The maximum absolute atomic E-state index is 13.6. The lowest BCUT2D eigenvalue weighted by Crippen LogP contribution is -2.26. The van der Waals surface area contributed by atoms with Gasteiger partial charge in [0.15, 0.2) is 0 Å². The number of aromatic nitrogens is 2. The summed E-state index contributed by atoms with van der Waals surface area (Å²) >= 11 is 3.45. The highest BCUT2D eigenvalue weighted by molar-refractivity contribution is 9.10. The summed E-state index contributed by atoms with van der Waals surface area (Å²) in [6.45, 7) is 10.4. The van der Waals surface area contributed by atoms with Crippen LogP contribution in [0.2, 0.25) is 0 Å². The predicted molar refractivity (Wildman–Crippen MR) is 88.8 cm³/mol. The highest BCUT2D eigenvalue weighted by Gasteiger charge is 2.26. The standard InChI is InChI=1S/C16H21BrFN3/c1-9(2)15-20-13(14(19)21(15)16(3,4)5)11-8-10(18)6-7-12(11)17/h6-9H,19H2,1-5H3. The van der Waals surface area contributed by atoms with Gasteiger partial charge in [-0.25, -0.2) is 9.37 Å². The van der Waals surface area contributed by atoms with Crippen LogP contribution in [0.25, 0.3) is 11.3 Å². The average molecular weight is 354 g/mol. The summed E-state index contributed by atoms with van der Waals surface area (Å²) in [5.41, 5.74) is 7.45. The van der Waals surface area contributed by atoms with Crippen LogP contribution in [0.4, 0.5) is 10.2 Å². The van der Waals surface area contributed by atoms with Crippen molar-refractivity contribution in [1.29, 1.82) is 0 Å². The third-order valence-corrected chi connectivity index (χ3v) is 4.00. The van der Waals surface area contributed by atoms with Crippen molar-refractivity contribution in [1.82, 2.24) is 9.55 Å². The molecule has 0 saturated carbocycles. The Morgan fingerprint density at radius 3 is 2.38 bits per heavy atom. The molecule has 0 bridgehead atoms. The fourth-order valence-corrected chi connectivity index (χ4v) is 2.86. The van der Waals surface area contributed by atoms with Crippen LogP contribution in [0.5, 0.6) is 0 Å². The van der Waals surface area contributed by atoms with E-state index in [0.29, 0.717) is 17.1 Å². The first-order valence-corrected chi connectivity index (χ1v) is 7.76. The SMILES string of the molecule is CC(C)c1nc(-c2cc(F)ccc2Br)c(N)n1C(C)(C)C. The number of imidazole rings is 1. The molecular weight excluding hydrogens is 333 g/mol. The molecule has 2 N–H and O–H groups in total. The van der Waals surface area contributed by atoms with E-state index in [4.69, 9.17) is 5.73 Å². The smallest absolute Gasteiger partial charge is 0.132 e. The Balaban J connectivity index is 2.74. The summed E-state index contributed by atoms with van der Waals surface area (Å²) in [4.78, 5) is 4.69. The van der Waals surface area contributed by atoms with Gasteiger partial charge in [-0.3, -0.25) is 0 Å².